The van der Waals surface area contributed by atoms with Crippen LogP contribution in [-0.4, -0.2) is 25.0 Å². The average Bonchev–Trinajstić information content (AvgIpc) is 2.56. The molecule has 5 nitrogen and oxygen atoms in total. The van der Waals surface area contributed by atoms with Gasteiger partial charge in [-0.1, -0.05) is 23.2 Å². The van der Waals surface area contributed by atoms with Crippen molar-refractivity contribution in [3.63, 3.8) is 0 Å². The fourth-order valence-electron chi connectivity index (χ4n) is 2.58. The molecule has 1 heterocycles. The van der Waals surface area contributed by atoms with Crippen LogP contribution in [0.1, 0.15) is 5.56 Å². The first-order valence-electron chi connectivity index (χ1n) is 7.55. The minimum atomic E-state index is -4.69. The Labute approximate surface area is 161 Å². The zero-order chi connectivity index (χ0) is 19.8. The molecule has 1 N–H and O–H groups in total. The Morgan fingerprint density at radius 3 is 2.52 bits per heavy atom. The van der Waals surface area contributed by atoms with Crippen molar-refractivity contribution in [3.05, 3.63) is 52.0 Å². The second kappa shape index (κ2) is 7.28. The van der Waals surface area contributed by atoms with Crippen LogP contribution < -0.4 is 15.0 Å². The monoisotopic (exact) mass is 418 g/mol. The topological polar surface area (TPSA) is 58.6 Å². The number of rotatable bonds is 3. The molecule has 10 heteroatoms. The first kappa shape index (κ1) is 19.3. The van der Waals surface area contributed by atoms with Gasteiger partial charge in [-0.15, -0.1) is 0 Å². The van der Waals surface area contributed by atoms with Gasteiger partial charge < -0.3 is 15.0 Å². The summed E-state index contributed by atoms with van der Waals surface area (Å²) in [5, 5.41) is 2.45. The fourth-order valence-corrected chi connectivity index (χ4v) is 2.92. The number of carbonyl (C=O) groups is 2. The van der Waals surface area contributed by atoms with E-state index in [1.165, 1.54) is 29.2 Å². The van der Waals surface area contributed by atoms with Crippen molar-refractivity contribution in [2.24, 2.45) is 0 Å². The van der Waals surface area contributed by atoms with Gasteiger partial charge >= 0.3 is 12.1 Å². The Morgan fingerprint density at radius 2 is 1.81 bits per heavy atom. The van der Waals surface area contributed by atoms with Crippen molar-refractivity contribution < 1.29 is 27.5 Å². The Balaban J connectivity index is 1.82. The highest BCUT2D eigenvalue weighted by Gasteiger charge is 2.34. The van der Waals surface area contributed by atoms with E-state index in [1.54, 1.807) is 0 Å². The van der Waals surface area contributed by atoms with Crippen molar-refractivity contribution in [1.82, 2.24) is 0 Å². The van der Waals surface area contributed by atoms with Gasteiger partial charge in [0.15, 0.2) is 5.75 Å². The Morgan fingerprint density at radius 1 is 1.15 bits per heavy atom. The number of halogens is 5. The molecule has 2 aromatic rings. The molecule has 3 rings (SSSR count). The van der Waals surface area contributed by atoms with Gasteiger partial charge in [0.1, 0.15) is 6.54 Å². The first-order valence-corrected chi connectivity index (χ1v) is 8.31. The van der Waals surface area contributed by atoms with Crippen molar-refractivity contribution >= 4 is 46.5 Å². The van der Waals surface area contributed by atoms with E-state index in [2.05, 4.69) is 5.32 Å². The average molecular weight is 419 g/mol. The zero-order valence-corrected chi connectivity index (χ0v) is 15.0. The molecule has 0 saturated carbocycles. The lowest BCUT2D eigenvalue weighted by atomic mass is 10.1. The molecular weight excluding hydrogens is 408 g/mol. The third kappa shape index (κ3) is 4.45. The summed E-state index contributed by atoms with van der Waals surface area (Å²) in [6.07, 6.45) is -4.69. The van der Waals surface area contributed by atoms with Crippen LogP contribution in [0.2, 0.25) is 10.0 Å². The van der Waals surface area contributed by atoms with Crippen LogP contribution in [0.15, 0.2) is 36.4 Å². The van der Waals surface area contributed by atoms with Crippen molar-refractivity contribution in [3.8, 4) is 5.75 Å². The number of ether oxygens (including phenoxy) is 1. The number of fused-ring (bicyclic) bond motifs is 1. The molecule has 0 saturated heterocycles. The van der Waals surface area contributed by atoms with Gasteiger partial charge in [0.25, 0.3) is 0 Å². The molecular formula is C17H11Cl2F3N2O3. The maximum atomic E-state index is 13.1. The summed E-state index contributed by atoms with van der Waals surface area (Å²) in [6.45, 7) is -0.615. The quantitative estimate of drug-likeness (QED) is 0.593. The summed E-state index contributed by atoms with van der Waals surface area (Å²) in [7, 11) is 0. The predicted octanol–water partition coefficient (Wildman–Crippen LogP) is 4.38. The van der Waals surface area contributed by atoms with Gasteiger partial charge in [-0.3, -0.25) is 4.79 Å². The molecule has 0 radical (unpaired) electrons. The number of hydrogen-bond acceptors (Lipinski definition) is 4. The molecule has 0 unspecified atom stereocenters. The number of hydrogen-bond donors (Lipinski definition) is 1. The van der Waals surface area contributed by atoms with Crippen molar-refractivity contribution in [2.75, 3.05) is 23.3 Å². The standard InChI is InChI=1S/C17H11Cl2F3N2O3/c18-9-1-3-12(11(5-9)17(20,21)22)23-15(25)7-24-8-16(26)27-14-4-2-10(19)6-13(14)24/h1-6H,7-8H2,(H,23,25). The molecule has 27 heavy (non-hydrogen) atoms. The van der Waals surface area contributed by atoms with Crippen molar-refractivity contribution in [2.45, 2.75) is 6.18 Å². The fraction of sp³-hybridized carbons (Fsp3) is 0.176. The first-order chi connectivity index (χ1) is 12.6. The molecule has 0 fully saturated rings. The minimum absolute atomic E-state index is 0.109. The van der Waals surface area contributed by atoms with E-state index >= 15 is 0 Å². The molecule has 1 amide bonds. The number of amides is 1. The summed E-state index contributed by atoms with van der Waals surface area (Å²) in [5.74, 6) is -1.13. The number of alkyl halides is 3. The molecule has 2 aromatic carbocycles. The van der Waals surface area contributed by atoms with Crippen LogP contribution >= 0.6 is 23.2 Å². The van der Waals surface area contributed by atoms with Gasteiger partial charge in [0.2, 0.25) is 5.91 Å². The van der Waals surface area contributed by atoms with E-state index in [-0.39, 0.29) is 23.9 Å². The van der Waals surface area contributed by atoms with Crippen LogP contribution in [0.25, 0.3) is 0 Å². The van der Waals surface area contributed by atoms with E-state index in [0.29, 0.717) is 10.7 Å². The van der Waals surface area contributed by atoms with E-state index in [0.717, 1.165) is 12.1 Å². The van der Waals surface area contributed by atoms with Crippen LogP contribution in [0, 0.1) is 0 Å². The number of nitrogens with zero attached hydrogens (tertiary/aromatic N) is 1. The van der Waals surface area contributed by atoms with Crippen LogP contribution in [-0.2, 0) is 15.8 Å². The molecule has 1 aliphatic rings. The molecule has 0 atom stereocenters. The molecule has 1 aliphatic heterocycles. The lowest BCUT2D eigenvalue weighted by Crippen LogP contribution is -2.41. The summed E-state index contributed by atoms with van der Waals surface area (Å²) in [4.78, 5) is 25.4. The third-order valence-corrected chi connectivity index (χ3v) is 4.17. The lowest BCUT2D eigenvalue weighted by Gasteiger charge is -2.29. The van der Waals surface area contributed by atoms with Gasteiger partial charge in [0.05, 0.1) is 23.5 Å². The number of anilines is 2. The maximum Gasteiger partial charge on any atom is 0.418 e. The normalized spacial score (nSPS) is 13.8. The smallest absolute Gasteiger partial charge is 0.418 e. The Hall–Kier alpha value is -2.45. The van der Waals surface area contributed by atoms with Crippen molar-refractivity contribution in [1.29, 1.82) is 0 Å². The van der Waals surface area contributed by atoms with Crippen LogP contribution in [0.4, 0.5) is 24.5 Å². The molecule has 0 aliphatic carbocycles. The Kier molecular flexibility index (Phi) is 5.21. The lowest BCUT2D eigenvalue weighted by molar-refractivity contribution is -0.137. The van der Waals surface area contributed by atoms with Gasteiger partial charge in [-0.05, 0) is 36.4 Å². The zero-order valence-electron chi connectivity index (χ0n) is 13.4. The molecule has 0 aromatic heterocycles. The van der Waals surface area contributed by atoms with E-state index in [9.17, 15) is 22.8 Å². The van der Waals surface area contributed by atoms with Crippen LogP contribution in [0.3, 0.4) is 0 Å². The number of carbonyl (C=O) groups excluding carboxylic acids is 2. The minimum Gasteiger partial charge on any atom is -0.423 e. The summed E-state index contributed by atoms with van der Waals surface area (Å²) < 4.78 is 44.5. The summed E-state index contributed by atoms with van der Waals surface area (Å²) in [6, 6.07) is 7.52. The van der Waals surface area contributed by atoms with E-state index in [1.807, 2.05) is 0 Å². The number of nitrogens with one attached hydrogen (secondary N) is 1. The Bertz CT molecular complexity index is 919. The van der Waals surface area contributed by atoms with Gasteiger partial charge in [0, 0.05) is 10.0 Å². The SMILES string of the molecule is O=C(CN1CC(=O)Oc2ccc(Cl)cc21)Nc1ccc(Cl)cc1C(F)(F)F. The molecule has 0 spiro atoms. The highest BCUT2D eigenvalue weighted by atomic mass is 35.5. The van der Waals surface area contributed by atoms with Crippen LogP contribution in [0.5, 0.6) is 5.75 Å². The number of esters is 1. The predicted molar refractivity (Wildman–Crippen MR) is 94.4 cm³/mol. The van der Waals surface area contributed by atoms with Gasteiger partial charge in [-0.2, -0.15) is 13.2 Å². The summed E-state index contributed by atoms with van der Waals surface area (Å²) in [5.41, 5.74) is -1.10. The second-order valence-electron chi connectivity index (χ2n) is 5.68. The molecule has 0 bridgehead atoms. The largest absolute Gasteiger partial charge is 0.423 e. The third-order valence-electron chi connectivity index (χ3n) is 3.70. The summed E-state index contributed by atoms with van der Waals surface area (Å²) >= 11 is 11.5. The van der Waals surface area contributed by atoms with E-state index < -0.39 is 29.3 Å². The highest BCUT2D eigenvalue weighted by Crippen LogP contribution is 2.37. The number of benzene rings is 2. The second-order valence-corrected chi connectivity index (χ2v) is 6.55. The van der Waals surface area contributed by atoms with E-state index in [4.69, 9.17) is 27.9 Å². The molecule has 142 valence electrons. The maximum absolute atomic E-state index is 13.1. The highest BCUT2D eigenvalue weighted by molar-refractivity contribution is 6.31. The van der Waals surface area contributed by atoms with Gasteiger partial charge in [-0.25, -0.2) is 4.79 Å².